The molecule has 2 aromatic heterocycles. The van der Waals surface area contributed by atoms with E-state index in [1.165, 1.54) is 4.90 Å². The summed E-state index contributed by atoms with van der Waals surface area (Å²) in [6.45, 7) is -0.278. The number of H-pyrrole nitrogens is 1. The summed E-state index contributed by atoms with van der Waals surface area (Å²) in [4.78, 5) is 18.8. The van der Waals surface area contributed by atoms with Crippen LogP contribution in [0, 0.1) is 0 Å². The zero-order valence-corrected chi connectivity index (χ0v) is 17.0. The SMILES string of the molecule is O=C(c1cccc(-c2ccn[nH]2)c1)N1CCC(F)(F)[C@@H](Oc2ccc3ccccc3n2)C1. The molecule has 1 aliphatic heterocycles. The topological polar surface area (TPSA) is 71.1 Å². The third-order valence-electron chi connectivity index (χ3n) is 5.62. The molecule has 0 spiro atoms. The molecule has 2 aromatic carbocycles. The maximum absolute atomic E-state index is 14.7. The zero-order chi connectivity index (χ0) is 22.1. The Bertz CT molecular complexity index is 1260. The Balaban J connectivity index is 1.36. The summed E-state index contributed by atoms with van der Waals surface area (Å²) >= 11 is 0. The summed E-state index contributed by atoms with van der Waals surface area (Å²) in [5.41, 5.74) is 2.65. The van der Waals surface area contributed by atoms with Gasteiger partial charge in [0.2, 0.25) is 5.88 Å². The van der Waals surface area contributed by atoms with Gasteiger partial charge in [0.25, 0.3) is 11.8 Å². The molecule has 0 unspecified atom stereocenters. The number of nitrogens with one attached hydrogen (secondary N) is 1. The average molecular weight is 434 g/mol. The number of likely N-dealkylation sites (tertiary alicyclic amines) is 1. The highest BCUT2D eigenvalue weighted by atomic mass is 19.3. The lowest BCUT2D eigenvalue weighted by atomic mass is 10.0. The Morgan fingerprint density at radius 1 is 1.09 bits per heavy atom. The molecule has 0 radical (unpaired) electrons. The van der Waals surface area contributed by atoms with Crippen molar-refractivity contribution in [3.8, 4) is 17.1 Å². The molecule has 1 aliphatic rings. The van der Waals surface area contributed by atoms with Crippen LogP contribution in [-0.2, 0) is 0 Å². The number of benzene rings is 2. The molecule has 0 aliphatic carbocycles. The number of hydrogen-bond donors (Lipinski definition) is 1. The lowest BCUT2D eigenvalue weighted by molar-refractivity contribution is -0.131. The second kappa shape index (κ2) is 8.03. The zero-order valence-electron chi connectivity index (χ0n) is 17.0. The van der Waals surface area contributed by atoms with Crippen LogP contribution in [0.2, 0.25) is 0 Å². The summed E-state index contributed by atoms with van der Waals surface area (Å²) < 4.78 is 34.9. The molecule has 6 nitrogen and oxygen atoms in total. The van der Waals surface area contributed by atoms with E-state index < -0.39 is 18.4 Å². The van der Waals surface area contributed by atoms with Crippen molar-refractivity contribution in [1.29, 1.82) is 0 Å². The van der Waals surface area contributed by atoms with Gasteiger partial charge in [-0.1, -0.05) is 30.3 Å². The van der Waals surface area contributed by atoms with Gasteiger partial charge in [0, 0.05) is 41.7 Å². The monoisotopic (exact) mass is 434 g/mol. The number of alkyl halides is 2. The number of carbonyl (C=O) groups excluding carboxylic acids is 1. The number of piperidine rings is 1. The van der Waals surface area contributed by atoms with E-state index in [1.807, 2.05) is 24.3 Å². The van der Waals surface area contributed by atoms with Gasteiger partial charge in [-0.25, -0.2) is 13.8 Å². The molecule has 5 rings (SSSR count). The third kappa shape index (κ3) is 3.91. The van der Waals surface area contributed by atoms with Crippen LogP contribution in [0.25, 0.3) is 22.2 Å². The van der Waals surface area contributed by atoms with Crippen LogP contribution in [0.1, 0.15) is 16.8 Å². The lowest BCUT2D eigenvalue weighted by Crippen LogP contribution is -2.55. The van der Waals surface area contributed by atoms with Gasteiger partial charge in [-0.2, -0.15) is 5.10 Å². The van der Waals surface area contributed by atoms with Crippen LogP contribution >= 0.6 is 0 Å². The minimum absolute atomic E-state index is 0.0505. The smallest absolute Gasteiger partial charge is 0.287 e. The van der Waals surface area contributed by atoms with Crippen molar-refractivity contribution in [3.63, 3.8) is 0 Å². The van der Waals surface area contributed by atoms with Crippen molar-refractivity contribution < 1.29 is 18.3 Å². The molecular weight excluding hydrogens is 414 g/mol. The van der Waals surface area contributed by atoms with Gasteiger partial charge in [-0.3, -0.25) is 9.89 Å². The first-order chi connectivity index (χ1) is 15.5. The number of amides is 1. The molecule has 1 atom stereocenters. The molecule has 4 aromatic rings. The summed E-state index contributed by atoms with van der Waals surface area (Å²) in [5, 5.41) is 7.67. The standard InChI is InChI=1S/C24H20F2N4O2/c25-24(26)11-13-30(23(31)18-6-3-5-17(14-18)20-10-12-27-29-20)15-21(24)32-22-9-8-16-4-1-2-7-19(16)28-22/h1-10,12,14,21H,11,13,15H2,(H,27,29)/t21-/m0/s1. The van der Waals surface area contributed by atoms with E-state index in [-0.39, 0.29) is 24.9 Å². The largest absolute Gasteiger partial charge is 0.466 e. The van der Waals surface area contributed by atoms with Gasteiger partial charge in [0.15, 0.2) is 6.10 Å². The molecule has 3 heterocycles. The molecule has 162 valence electrons. The quantitative estimate of drug-likeness (QED) is 0.511. The van der Waals surface area contributed by atoms with Gasteiger partial charge in [0.1, 0.15) is 0 Å². The Hall–Kier alpha value is -3.81. The fraction of sp³-hybridized carbons (Fsp3) is 0.208. The number of para-hydroxylation sites is 1. The van der Waals surface area contributed by atoms with Crippen molar-refractivity contribution in [2.24, 2.45) is 0 Å². The first-order valence-electron chi connectivity index (χ1n) is 10.3. The van der Waals surface area contributed by atoms with E-state index in [0.717, 1.165) is 16.6 Å². The van der Waals surface area contributed by atoms with Crippen molar-refractivity contribution in [1.82, 2.24) is 20.1 Å². The van der Waals surface area contributed by atoms with Crippen molar-refractivity contribution in [2.45, 2.75) is 18.4 Å². The maximum Gasteiger partial charge on any atom is 0.287 e. The number of aromatic amines is 1. The highest BCUT2D eigenvalue weighted by molar-refractivity contribution is 5.95. The number of aromatic nitrogens is 3. The predicted molar refractivity (Wildman–Crippen MR) is 116 cm³/mol. The molecule has 1 N–H and O–H groups in total. The Labute approximate surface area is 182 Å². The number of hydrogen-bond acceptors (Lipinski definition) is 4. The summed E-state index contributed by atoms with van der Waals surface area (Å²) in [7, 11) is 0. The third-order valence-corrected chi connectivity index (χ3v) is 5.62. The van der Waals surface area contributed by atoms with E-state index in [9.17, 15) is 13.6 Å². The van der Waals surface area contributed by atoms with Crippen LogP contribution in [-0.4, -0.2) is 51.1 Å². The number of fused-ring (bicyclic) bond motifs is 1. The highest BCUT2D eigenvalue weighted by Gasteiger charge is 2.47. The van der Waals surface area contributed by atoms with Gasteiger partial charge >= 0.3 is 0 Å². The Morgan fingerprint density at radius 3 is 2.81 bits per heavy atom. The van der Waals surface area contributed by atoms with E-state index in [1.54, 1.807) is 48.7 Å². The summed E-state index contributed by atoms with van der Waals surface area (Å²) in [5.74, 6) is -3.27. The number of ether oxygens (including phenoxy) is 1. The molecule has 1 fully saturated rings. The minimum atomic E-state index is -3.07. The molecule has 0 bridgehead atoms. The van der Waals surface area contributed by atoms with Gasteiger partial charge < -0.3 is 9.64 Å². The Morgan fingerprint density at radius 2 is 1.97 bits per heavy atom. The number of pyridine rings is 1. The second-order valence-corrected chi connectivity index (χ2v) is 7.76. The minimum Gasteiger partial charge on any atom is -0.466 e. The second-order valence-electron chi connectivity index (χ2n) is 7.76. The van der Waals surface area contributed by atoms with E-state index >= 15 is 0 Å². The fourth-order valence-electron chi connectivity index (χ4n) is 3.86. The number of carbonyl (C=O) groups is 1. The molecule has 32 heavy (non-hydrogen) atoms. The number of rotatable bonds is 4. The average Bonchev–Trinajstić information content (AvgIpc) is 3.35. The van der Waals surface area contributed by atoms with Crippen molar-refractivity contribution in [2.75, 3.05) is 13.1 Å². The first-order valence-corrected chi connectivity index (χ1v) is 10.3. The van der Waals surface area contributed by atoms with Crippen molar-refractivity contribution >= 4 is 16.8 Å². The van der Waals surface area contributed by atoms with Crippen LogP contribution in [0.15, 0.2) is 72.9 Å². The summed E-state index contributed by atoms with van der Waals surface area (Å²) in [6, 6.07) is 19.6. The van der Waals surface area contributed by atoms with Gasteiger partial charge in [-0.15, -0.1) is 0 Å². The fourth-order valence-corrected chi connectivity index (χ4v) is 3.86. The Kier molecular flexibility index (Phi) is 5.05. The predicted octanol–water partition coefficient (Wildman–Crippen LogP) is 4.55. The van der Waals surface area contributed by atoms with E-state index in [0.29, 0.717) is 11.1 Å². The van der Waals surface area contributed by atoms with E-state index in [4.69, 9.17) is 4.74 Å². The van der Waals surface area contributed by atoms with Crippen LogP contribution < -0.4 is 4.74 Å². The number of halogens is 2. The van der Waals surface area contributed by atoms with Crippen LogP contribution in [0.3, 0.4) is 0 Å². The highest BCUT2D eigenvalue weighted by Crippen LogP contribution is 2.32. The molecule has 0 saturated carbocycles. The van der Waals surface area contributed by atoms with Crippen LogP contribution in [0.4, 0.5) is 8.78 Å². The van der Waals surface area contributed by atoms with Crippen LogP contribution in [0.5, 0.6) is 5.88 Å². The lowest BCUT2D eigenvalue weighted by Gasteiger charge is -2.38. The molecular formula is C24H20F2N4O2. The van der Waals surface area contributed by atoms with Gasteiger partial charge in [0.05, 0.1) is 17.8 Å². The molecule has 8 heteroatoms. The summed E-state index contributed by atoms with van der Waals surface area (Å²) in [6.07, 6.45) is -0.332. The van der Waals surface area contributed by atoms with Crippen molar-refractivity contribution in [3.05, 3.63) is 78.5 Å². The first kappa shape index (κ1) is 20.1. The van der Waals surface area contributed by atoms with E-state index in [2.05, 4.69) is 15.2 Å². The molecule has 1 saturated heterocycles. The molecule has 1 amide bonds. The maximum atomic E-state index is 14.7. The number of nitrogens with zero attached hydrogens (tertiary/aromatic N) is 3. The van der Waals surface area contributed by atoms with Gasteiger partial charge in [-0.05, 0) is 30.3 Å². The normalized spacial score (nSPS) is 17.9.